The van der Waals surface area contributed by atoms with Crippen molar-refractivity contribution in [3.63, 3.8) is 0 Å². The zero-order valence-corrected chi connectivity index (χ0v) is 13.4. The van der Waals surface area contributed by atoms with Gasteiger partial charge < -0.3 is 0 Å². The van der Waals surface area contributed by atoms with E-state index in [4.69, 9.17) is 12.6 Å². The van der Waals surface area contributed by atoms with Gasteiger partial charge in [-0.3, -0.25) is 4.99 Å². The van der Waals surface area contributed by atoms with Gasteiger partial charge in [-0.25, -0.2) is 0 Å². The van der Waals surface area contributed by atoms with Crippen LogP contribution < -0.4 is 0 Å². The van der Waals surface area contributed by atoms with Crippen LogP contribution >= 0.6 is 12.6 Å². The van der Waals surface area contributed by atoms with Gasteiger partial charge >= 0.3 is 0 Å². The second-order valence-electron chi connectivity index (χ2n) is 6.09. The molecule has 0 amide bonds. The molecule has 0 N–H and O–H groups in total. The third kappa shape index (κ3) is 3.51. The summed E-state index contributed by atoms with van der Waals surface area (Å²) in [5.74, 6) is 0. The van der Waals surface area contributed by atoms with Crippen molar-refractivity contribution in [2.75, 3.05) is 0 Å². The summed E-state index contributed by atoms with van der Waals surface area (Å²) >= 11 is 4.71. The molecule has 2 rings (SSSR count). The van der Waals surface area contributed by atoms with Crippen LogP contribution in [0.25, 0.3) is 0 Å². The molecule has 1 nitrogen and oxygen atoms in total. The molecule has 0 aliphatic carbocycles. The van der Waals surface area contributed by atoms with E-state index in [2.05, 4.69) is 44.8 Å². The summed E-state index contributed by atoms with van der Waals surface area (Å²) in [7, 11) is 0. The van der Waals surface area contributed by atoms with Gasteiger partial charge in [0.25, 0.3) is 0 Å². The van der Waals surface area contributed by atoms with Gasteiger partial charge in [-0.2, -0.15) is 0 Å². The molecule has 0 bridgehead atoms. The fraction of sp³-hybridized carbons (Fsp3) is 0.278. The lowest BCUT2D eigenvalue weighted by Crippen LogP contribution is -2.13. The zero-order chi connectivity index (χ0) is 14.8. The zero-order valence-electron chi connectivity index (χ0n) is 12.5. The largest absolute Gasteiger partial charge is 0.256 e. The first kappa shape index (κ1) is 14.9. The average Bonchev–Trinajstić information content (AvgIpc) is 2.39. The average molecular weight is 283 g/mol. The van der Waals surface area contributed by atoms with E-state index in [1.54, 1.807) is 0 Å². The molecule has 0 heterocycles. The van der Waals surface area contributed by atoms with Gasteiger partial charge in [0.1, 0.15) is 0 Å². The molecule has 0 unspecified atom stereocenters. The smallest absolute Gasteiger partial charge is 0.0629 e. The van der Waals surface area contributed by atoms with Crippen molar-refractivity contribution in [1.82, 2.24) is 0 Å². The van der Waals surface area contributed by atoms with Crippen molar-refractivity contribution < 1.29 is 0 Å². The van der Waals surface area contributed by atoms with Crippen LogP contribution in [0.4, 0.5) is 5.69 Å². The van der Waals surface area contributed by atoms with Crippen molar-refractivity contribution in [3.8, 4) is 0 Å². The molecular formula is C18H21NS. The maximum atomic E-state index is 4.71. The van der Waals surface area contributed by atoms with Crippen LogP contribution in [0.15, 0.2) is 52.4 Å². The van der Waals surface area contributed by atoms with Gasteiger partial charge in [-0.1, -0.05) is 50.6 Å². The molecule has 0 aromatic heterocycles. The molecule has 0 saturated carbocycles. The minimum absolute atomic E-state index is 0.0818. The molecule has 0 aliphatic rings. The first-order chi connectivity index (χ1) is 9.38. The van der Waals surface area contributed by atoms with Gasteiger partial charge in [0.15, 0.2) is 0 Å². The Kier molecular flexibility index (Phi) is 4.34. The summed E-state index contributed by atoms with van der Waals surface area (Å²) in [6.07, 6.45) is 1.90. The number of aliphatic imine (C=N–C) groups is 1. The third-order valence-electron chi connectivity index (χ3n) is 3.20. The fourth-order valence-corrected chi connectivity index (χ4v) is 2.66. The topological polar surface area (TPSA) is 12.4 Å². The Morgan fingerprint density at radius 1 is 1.05 bits per heavy atom. The molecule has 20 heavy (non-hydrogen) atoms. The van der Waals surface area contributed by atoms with Gasteiger partial charge in [-0.15, -0.1) is 12.6 Å². The summed E-state index contributed by atoms with van der Waals surface area (Å²) in [6, 6.07) is 14.3. The summed E-state index contributed by atoms with van der Waals surface area (Å²) in [6.45, 7) is 8.74. The molecular weight excluding hydrogens is 262 g/mol. The Bertz CT molecular complexity index is 622. The van der Waals surface area contributed by atoms with Crippen LogP contribution in [-0.4, -0.2) is 6.21 Å². The number of rotatable bonds is 2. The van der Waals surface area contributed by atoms with E-state index in [1.165, 1.54) is 11.1 Å². The number of aryl methyl sites for hydroxylation is 1. The second-order valence-corrected chi connectivity index (χ2v) is 6.54. The SMILES string of the molecule is Cc1cc(C=Nc2ccccc2)c(S)c(C(C)(C)C)c1. The molecule has 104 valence electrons. The van der Waals surface area contributed by atoms with Crippen LogP contribution in [0, 0.1) is 6.92 Å². The number of hydrogen-bond acceptors (Lipinski definition) is 2. The van der Waals surface area contributed by atoms with Crippen LogP contribution in [0.2, 0.25) is 0 Å². The summed E-state index contributed by atoms with van der Waals surface area (Å²) in [5, 5.41) is 0. The normalized spacial score (nSPS) is 12.1. The van der Waals surface area contributed by atoms with E-state index in [-0.39, 0.29) is 5.41 Å². The molecule has 0 fully saturated rings. The van der Waals surface area contributed by atoms with E-state index < -0.39 is 0 Å². The molecule has 2 aromatic carbocycles. The van der Waals surface area contributed by atoms with E-state index >= 15 is 0 Å². The van der Waals surface area contributed by atoms with Gasteiger partial charge in [-0.05, 0) is 36.1 Å². The third-order valence-corrected chi connectivity index (χ3v) is 3.70. The number of hydrogen-bond donors (Lipinski definition) is 1. The van der Waals surface area contributed by atoms with Crippen molar-refractivity contribution in [2.24, 2.45) is 4.99 Å². The highest BCUT2D eigenvalue weighted by atomic mass is 32.1. The highest BCUT2D eigenvalue weighted by molar-refractivity contribution is 7.80. The molecule has 2 aromatic rings. The predicted molar refractivity (Wildman–Crippen MR) is 90.8 cm³/mol. The fourth-order valence-electron chi connectivity index (χ4n) is 2.14. The first-order valence-corrected chi connectivity index (χ1v) is 7.26. The standard InChI is InChI=1S/C18H21NS/c1-13-10-14(12-19-15-8-6-5-7-9-15)17(20)16(11-13)18(2,3)4/h5-12,20H,1-4H3. The first-order valence-electron chi connectivity index (χ1n) is 6.81. The molecule has 2 heteroatoms. The molecule has 0 saturated heterocycles. The summed E-state index contributed by atoms with van der Waals surface area (Å²) in [5.41, 5.74) is 4.61. The van der Waals surface area contributed by atoms with E-state index in [0.29, 0.717) is 0 Å². The lowest BCUT2D eigenvalue weighted by atomic mass is 9.85. The molecule has 0 atom stereocenters. The van der Waals surface area contributed by atoms with Gasteiger partial charge in [0.05, 0.1) is 5.69 Å². The maximum absolute atomic E-state index is 4.71. The maximum Gasteiger partial charge on any atom is 0.0629 e. The van der Waals surface area contributed by atoms with Crippen molar-refractivity contribution in [3.05, 3.63) is 59.2 Å². The Balaban J connectivity index is 2.43. The number of nitrogens with zero attached hydrogens (tertiary/aromatic N) is 1. The summed E-state index contributed by atoms with van der Waals surface area (Å²) in [4.78, 5) is 5.54. The highest BCUT2D eigenvalue weighted by Gasteiger charge is 2.18. The lowest BCUT2D eigenvalue weighted by Gasteiger charge is -2.23. The van der Waals surface area contributed by atoms with Crippen LogP contribution in [0.3, 0.4) is 0 Å². The van der Waals surface area contributed by atoms with E-state index in [9.17, 15) is 0 Å². The van der Waals surface area contributed by atoms with Crippen molar-refractivity contribution in [2.45, 2.75) is 38.0 Å². The number of benzene rings is 2. The number of thiol groups is 1. The Morgan fingerprint density at radius 2 is 1.70 bits per heavy atom. The lowest BCUT2D eigenvalue weighted by molar-refractivity contribution is 0.577. The van der Waals surface area contributed by atoms with Crippen molar-refractivity contribution >= 4 is 24.5 Å². The van der Waals surface area contributed by atoms with E-state index in [1.807, 2.05) is 36.5 Å². The Hall–Kier alpha value is -1.54. The molecule has 0 aliphatic heterocycles. The van der Waals surface area contributed by atoms with Crippen molar-refractivity contribution in [1.29, 1.82) is 0 Å². The quantitative estimate of drug-likeness (QED) is 0.565. The second kappa shape index (κ2) is 5.84. The van der Waals surface area contributed by atoms with Crippen LogP contribution in [0.5, 0.6) is 0 Å². The highest BCUT2D eigenvalue weighted by Crippen LogP contribution is 2.31. The monoisotopic (exact) mass is 283 g/mol. The Labute approximate surface area is 127 Å². The Morgan fingerprint density at radius 3 is 2.30 bits per heavy atom. The van der Waals surface area contributed by atoms with Gasteiger partial charge in [0, 0.05) is 16.7 Å². The van der Waals surface area contributed by atoms with Crippen LogP contribution in [0.1, 0.15) is 37.5 Å². The van der Waals surface area contributed by atoms with Gasteiger partial charge in [0.2, 0.25) is 0 Å². The summed E-state index contributed by atoms with van der Waals surface area (Å²) < 4.78 is 0. The predicted octanol–water partition coefficient (Wildman–Crippen LogP) is 5.33. The molecule has 0 radical (unpaired) electrons. The van der Waals surface area contributed by atoms with E-state index in [0.717, 1.165) is 16.1 Å². The minimum atomic E-state index is 0.0818. The minimum Gasteiger partial charge on any atom is -0.256 e. The van der Waals surface area contributed by atoms with Crippen LogP contribution in [-0.2, 0) is 5.41 Å². The molecule has 0 spiro atoms. The number of para-hydroxylation sites is 1.